The number of aromatic nitrogens is 2. The molecule has 1 saturated carbocycles. The second kappa shape index (κ2) is 11.2. The number of fused-ring (bicyclic) bond motifs is 1. The van der Waals surface area contributed by atoms with Crippen LogP contribution in [-0.2, 0) is 10.2 Å². The van der Waals surface area contributed by atoms with E-state index >= 15 is 0 Å². The number of carboxylic acid groups (broad SMARTS) is 1. The van der Waals surface area contributed by atoms with E-state index in [1.807, 2.05) is 6.07 Å². The number of carbonyl (C=O) groups is 1. The molecule has 222 valence electrons. The fourth-order valence-corrected chi connectivity index (χ4v) is 6.78. The van der Waals surface area contributed by atoms with Gasteiger partial charge in [0.15, 0.2) is 11.6 Å². The number of nitriles is 1. The summed E-state index contributed by atoms with van der Waals surface area (Å²) in [6, 6.07) is 8.33. The van der Waals surface area contributed by atoms with E-state index in [-0.39, 0.29) is 45.9 Å². The highest BCUT2D eigenvalue weighted by molar-refractivity contribution is 7.90. The Labute approximate surface area is 242 Å². The maximum Gasteiger partial charge on any atom is 0.407 e. The second-order valence-corrected chi connectivity index (χ2v) is 12.6. The lowest BCUT2D eigenvalue weighted by atomic mass is 9.77. The van der Waals surface area contributed by atoms with E-state index in [2.05, 4.69) is 9.71 Å². The van der Waals surface area contributed by atoms with Crippen molar-refractivity contribution in [2.24, 2.45) is 5.41 Å². The van der Waals surface area contributed by atoms with Gasteiger partial charge in [0.2, 0.25) is 0 Å². The van der Waals surface area contributed by atoms with Gasteiger partial charge in [-0.1, -0.05) is 6.92 Å². The third kappa shape index (κ3) is 5.49. The van der Waals surface area contributed by atoms with Crippen LogP contribution in [0.4, 0.5) is 14.9 Å². The molecule has 2 aromatic carbocycles. The van der Waals surface area contributed by atoms with Crippen molar-refractivity contribution in [1.82, 2.24) is 18.8 Å². The SMILES string of the molecule is CCN(C)S(=O)(=O)Nc1ccc(F)c(Oc2ccc3ncn(C4CCC5(CCN(C(=O)O)CC5)C4)c(=O)c3c2)c1C#N. The molecule has 3 aromatic rings. The van der Waals surface area contributed by atoms with Gasteiger partial charge in [0.05, 0.1) is 22.9 Å². The Morgan fingerprint density at radius 1 is 1.29 bits per heavy atom. The van der Waals surface area contributed by atoms with Crippen LogP contribution in [-0.4, -0.2) is 65.1 Å². The first-order valence-corrected chi connectivity index (χ1v) is 15.0. The maximum atomic E-state index is 14.9. The first-order valence-electron chi connectivity index (χ1n) is 13.6. The monoisotopic (exact) mass is 598 g/mol. The Morgan fingerprint density at radius 3 is 2.69 bits per heavy atom. The molecule has 1 amide bonds. The van der Waals surface area contributed by atoms with Crippen molar-refractivity contribution in [3.05, 3.63) is 58.4 Å². The van der Waals surface area contributed by atoms with Crippen LogP contribution in [0.2, 0.25) is 0 Å². The lowest BCUT2D eigenvalue weighted by Crippen LogP contribution is -2.41. The predicted octanol–water partition coefficient (Wildman–Crippen LogP) is 4.29. The Kier molecular flexibility index (Phi) is 7.82. The first kappa shape index (κ1) is 29.3. The van der Waals surface area contributed by atoms with Crippen LogP contribution in [0.15, 0.2) is 41.5 Å². The molecule has 5 rings (SSSR count). The van der Waals surface area contributed by atoms with Gasteiger partial charge in [-0.25, -0.2) is 14.2 Å². The molecule has 2 heterocycles. The second-order valence-electron chi connectivity index (χ2n) is 10.8. The van der Waals surface area contributed by atoms with E-state index in [9.17, 15) is 32.8 Å². The molecule has 1 aromatic heterocycles. The lowest BCUT2D eigenvalue weighted by molar-refractivity contribution is 0.0901. The van der Waals surface area contributed by atoms with E-state index in [0.29, 0.717) is 18.6 Å². The fraction of sp³-hybridized carbons (Fsp3) is 0.429. The fourth-order valence-electron chi connectivity index (χ4n) is 5.84. The number of piperidine rings is 1. The molecule has 1 spiro atoms. The number of rotatable bonds is 7. The molecule has 1 aliphatic heterocycles. The largest absolute Gasteiger partial charge is 0.465 e. The first-order chi connectivity index (χ1) is 20.0. The molecular weight excluding hydrogens is 567 g/mol. The molecule has 2 N–H and O–H groups in total. The number of ether oxygens (including phenoxy) is 1. The summed E-state index contributed by atoms with van der Waals surface area (Å²) >= 11 is 0. The molecule has 1 unspecified atom stereocenters. The average molecular weight is 599 g/mol. The minimum atomic E-state index is -3.99. The van der Waals surface area contributed by atoms with Gasteiger partial charge in [0.25, 0.3) is 5.56 Å². The molecule has 1 atom stereocenters. The van der Waals surface area contributed by atoms with Gasteiger partial charge in [-0.2, -0.15) is 18.0 Å². The molecule has 14 heteroatoms. The smallest absolute Gasteiger partial charge is 0.407 e. The van der Waals surface area contributed by atoms with Gasteiger partial charge in [0, 0.05) is 32.7 Å². The standard InChI is InChI=1S/C28H31FN6O6S/c1-3-33(2)42(39,40)32-24-7-5-22(29)25(21(24)16-30)41-19-4-6-23-20(14-19)26(36)35(17-31-23)18-8-9-28(15-18)10-12-34(13-11-28)27(37)38/h4-7,14,17-18,32H,3,8-13,15H2,1-2H3,(H,37,38). The highest BCUT2D eigenvalue weighted by Gasteiger charge is 2.43. The minimum Gasteiger partial charge on any atom is -0.465 e. The van der Waals surface area contributed by atoms with Crippen molar-refractivity contribution in [1.29, 1.82) is 5.26 Å². The van der Waals surface area contributed by atoms with Gasteiger partial charge in [-0.15, -0.1) is 0 Å². The van der Waals surface area contributed by atoms with Crippen molar-refractivity contribution in [3.8, 4) is 17.6 Å². The summed E-state index contributed by atoms with van der Waals surface area (Å²) < 4.78 is 50.6. The summed E-state index contributed by atoms with van der Waals surface area (Å²) in [6.07, 6.45) is 4.52. The highest BCUT2D eigenvalue weighted by atomic mass is 32.2. The highest BCUT2D eigenvalue weighted by Crippen LogP contribution is 2.50. The molecule has 42 heavy (non-hydrogen) atoms. The molecule has 1 aliphatic carbocycles. The number of likely N-dealkylation sites (tertiary alicyclic amines) is 1. The minimum absolute atomic E-state index is 0.0142. The third-order valence-corrected chi connectivity index (χ3v) is 10.0. The normalized spacial score (nSPS) is 18.4. The van der Waals surface area contributed by atoms with Gasteiger partial charge in [-0.3, -0.25) is 14.1 Å². The van der Waals surface area contributed by atoms with Crippen LogP contribution in [0.1, 0.15) is 50.6 Å². The molecule has 12 nitrogen and oxygen atoms in total. The quantitative estimate of drug-likeness (QED) is 0.408. The average Bonchev–Trinajstić information content (AvgIpc) is 3.37. The number of anilines is 1. The van der Waals surface area contributed by atoms with E-state index in [1.165, 1.54) is 30.4 Å². The lowest BCUT2D eigenvalue weighted by Gasteiger charge is -2.38. The number of nitrogens with one attached hydrogen (secondary N) is 1. The van der Waals surface area contributed by atoms with E-state index < -0.39 is 27.9 Å². The Bertz CT molecular complexity index is 1750. The Hall–Kier alpha value is -4.22. The van der Waals surface area contributed by atoms with Gasteiger partial charge in [0.1, 0.15) is 17.4 Å². The number of amides is 1. The molecule has 1 saturated heterocycles. The van der Waals surface area contributed by atoms with Crippen LogP contribution >= 0.6 is 0 Å². The van der Waals surface area contributed by atoms with Crippen molar-refractivity contribution in [2.45, 2.75) is 45.1 Å². The van der Waals surface area contributed by atoms with Crippen molar-refractivity contribution in [2.75, 3.05) is 31.4 Å². The van der Waals surface area contributed by atoms with Crippen molar-refractivity contribution in [3.63, 3.8) is 0 Å². The van der Waals surface area contributed by atoms with Crippen LogP contribution in [0.3, 0.4) is 0 Å². The number of halogens is 1. The van der Waals surface area contributed by atoms with Crippen molar-refractivity contribution < 1.29 is 27.4 Å². The third-order valence-electron chi connectivity index (χ3n) is 8.45. The number of benzene rings is 2. The zero-order valence-electron chi connectivity index (χ0n) is 23.2. The van der Waals surface area contributed by atoms with Crippen molar-refractivity contribution >= 4 is 32.9 Å². The van der Waals surface area contributed by atoms with Crippen LogP contribution in [0, 0.1) is 22.6 Å². The molecule has 0 bridgehead atoms. The Balaban J connectivity index is 1.42. The molecular formula is C28H31FN6O6S. The summed E-state index contributed by atoms with van der Waals surface area (Å²) in [5.74, 6) is -1.29. The summed E-state index contributed by atoms with van der Waals surface area (Å²) in [4.78, 5) is 30.8. The summed E-state index contributed by atoms with van der Waals surface area (Å²) in [5.41, 5.74) is -0.392. The molecule has 2 aliphatic rings. The molecule has 0 radical (unpaired) electrons. The van der Waals surface area contributed by atoms with E-state index in [0.717, 1.165) is 48.5 Å². The van der Waals surface area contributed by atoms with E-state index in [1.54, 1.807) is 17.6 Å². The zero-order valence-corrected chi connectivity index (χ0v) is 24.0. The summed E-state index contributed by atoms with van der Waals surface area (Å²) in [6.45, 7) is 2.77. The predicted molar refractivity (Wildman–Crippen MR) is 152 cm³/mol. The van der Waals surface area contributed by atoms with Gasteiger partial charge < -0.3 is 14.7 Å². The Morgan fingerprint density at radius 2 is 2.02 bits per heavy atom. The van der Waals surface area contributed by atoms with Crippen LogP contribution in [0.25, 0.3) is 10.9 Å². The van der Waals surface area contributed by atoms with Crippen LogP contribution in [0.5, 0.6) is 11.5 Å². The number of nitrogens with zero attached hydrogens (tertiary/aromatic N) is 5. The molecule has 2 fully saturated rings. The van der Waals surface area contributed by atoms with Gasteiger partial charge in [-0.05, 0) is 67.9 Å². The number of hydrogen-bond donors (Lipinski definition) is 2. The van der Waals surface area contributed by atoms with E-state index in [4.69, 9.17) is 4.74 Å². The topological polar surface area (TPSA) is 158 Å². The summed E-state index contributed by atoms with van der Waals surface area (Å²) in [5, 5.41) is 19.3. The van der Waals surface area contributed by atoms with Gasteiger partial charge >= 0.3 is 16.3 Å². The summed E-state index contributed by atoms with van der Waals surface area (Å²) in [7, 11) is -2.63. The number of hydrogen-bond acceptors (Lipinski definition) is 7. The van der Waals surface area contributed by atoms with Crippen LogP contribution < -0.4 is 15.0 Å². The maximum absolute atomic E-state index is 14.9. The zero-order chi connectivity index (χ0) is 30.2.